The van der Waals surface area contributed by atoms with Crippen LogP contribution in [-0.2, 0) is 27.2 Å². The number of esters is 1. The Morgan fingerprint density at radius 1 is 1.50 bits per heavy atom. The number of rotatable bonds is 2. The number of aromatic nitrogens is 1. The number of carbonyl (C=O) groups is 2. The number of carbonyl (C=O) groups excluding carboxylic acids is 1. The molecule has 1 aromatic rings. The van der Waals surface area contributed by atoms with Crippen molar-refractivity contribution >= 4 is 23.5 Å². The number of nitrogens with one attached hydrogen (secondary N) is 1. The van der Waals surface area contributed by atoms with Crippen LogP contribution in [0.3, 0.4) is 0 Å². The zero-order valence-corrected chi connectivity index (χ0v) is 10.2. The van der Waals surface area contributed by atoms with Gasteiger partial charge in [0.15, 0.2) is 5.41 Å². The Morgan fingerprint density at radius 3 is 2.72 bits per heavy atom. The van der Waals surface area contributed by atoms with Crippen molar-refractivity contribution in [3.05, 3.63) is 32.7 Å². The molecule has 7 heteroatoms. The Hall–Kier alpha value is -1.82. The molecule has 1 atom stereocenters. The second-order valence-corrected chi connectivity index (χ2v) is 4.56. The first-order chi connectivity index (χ1) is 8.40. The normalized spacial score (nSPS) is 21.4. The SMILES string of the molecule is COC(=O)C1(C(=O)O)Cc2cc(=O)[nH]c(Cl)c2C1. The van der Waals surface area contributed by atoms with Crippen molar-refractivity contribution < 1.29 is 19.4 Å². The molecule has 18 heavy (non-hydrogen) atoms. The van der Waals surface area contributed by atoms with Crippen molar-refractivity contribution in [2.24, 2.45) is 5.41 Å². The standard InChI is InChI=1S/C11H10ClNO5/c1-18-10(17)11(9(15)16)3-5-2-7(14)13-8(12)6(5)4-11/h2H,3-4H2,1H3,(H,13,14)(H,15,16). The van der Waals surface area contributed by atoms with Crippen LogP contribution >= 0.6 is 11.6 Å². The zero-order chi connectivity index (χ0) is 13.5. The van der Waals surface area contributed by atoms with Gasteiger partial charge >= 0.3 is 11.9 Å². The van der Waals surface area contributed by atoms with Gasteiger partial charge in [-0.2, -0.15) is 0 Å². The van der Waals surface area contributed by atoms with Gasteiger partial charge in [-0.05, 0) is 11.1 Å². The van der Waals surface area contributed by atoms with E-state index in [1.165, 1.54) is 6.07 Å². The fourth-order valence-corrected chi connectivity index (χ4v) is 2.50. The number of methoxy groups -OCH3 is 1. The molecular formula is C11H10ClNO5. The number of carboxylic acids is 1. The topological polar surface area (TPSA) is 96.5 Å². The highest BCUT2D eigenvalue weighted by Crippen LogP contribution is 2.40. The number of ether oxygens (including phenoxy) is 1. The van der Waals surface area contributed by atoms with E-state index in [2.05, 4.69) is 9.72 Å². The smallest absolute Gasteiger partial charge is 0.323 e. The van der Waals surface area contributed by atoms with Gasteiger partial charge in [-0.15, -0.1) is 0 Å². The molecule has 0 bridgehead atoms. The molecule has 0 saturated carbocycles. The fraction of sp³-hybridized carbons (Fsp3) is 0.364. The quantitative estimate of drug-likeness (QED) is 0.460. The van der Waals surface area contributed by atoms with Gasteiger partial charge in [0.2, 0.25) is 5.56 Å². The summed E-state index contributed by atoms with van der Waals surface area (Å²) in [7, 11) is 1.13. The van der Waals surface area contributed by atoms with Gasteiger partial charge in [0.25, 0.3) is 0 Å². The van der Waals surface area contributed by atoms with Crippen LogP contribution in [0.25, 0.3) is 0 Å². The fourth-order valence-electron chi connectivity index (χ4n) is 2.22. The molecule has 0 fully saturated rings. The maximum atomic E-state index is 11.7. The minimum atomic E-state index is -1.69. The first kappa shape index (κ1) is 12.6. The summed E-state index contributed by atoms with van der Waals surface area (Å²) in [4.78, 5) is 36.7. The predicted octanol–water partition coefficient (Wildman–Crippen LogP) is 0.371. The number of pyridine rings is 1. The molecule has 0 radical (unpaired) electrons. The van der Waals surface area contributed by atoms with Crippen molar-refractivity contribution in [1.82, 2.24) is 4.98 Å². The summed E-state index contributed by atoms with van der Waals surface area (Å²) in [5.41, 5.74) is -1.17. The second kappa shape index (κ2) is 4.13. The van der Waals surface area contributed by atoms with E-state index in [0.717, 1.165) is 7.11 Å². The Labute approximate surface area is 107 Å². The number of halogens is 1. The third kappa shape index (κ3) is 1.69. The molecule has 1 aromatic heterocycles. The largest absolute Gasteiger partial charge is 0.480 e. The molecule has 0 saturated heterocycles. The summed E-state index contributed by atoms with van der Waals surface area (Å²) >= 11 is 5.85. The van der Waals surface area contributed by atoms with Crippen LogP contribution in [0.15, 0.2) is 10.9 Å². The highest BCUT2D eigenvalue weighted by molar-refractivity contribution is 6.30. The molecule has 1 aliphatic rings. The summed E-state index contributed by atoms with van der Waals surface area (Å²) < 4.78 is 4.55. The Balaban J connectivity index is 2.55. The minimum Gasteiger partial charge on any atom is -0.480 e. The summed E-state index contributed by atoms with van der Waals surface area (Å²) in [6.07, 6.45) is -0.173. The molecule has 2 N–H and O–H groups in total. The highest BCUT2D eigenvalue weighted by atomic mass is 35.5. The molecule has 0 aliphatic heterocycles. The number of carboxylic acid groups (broad SMARTS) is 1. The first-order valence-electron chi connectivity index (χ1n) is 5.13. The molecule has 1 heterocycles. The molecule has 96 valence electrons. The maximum Gasteiger partial charge on any atom is 0.323 e. The zero-order valence-electron chi connectivity index (χ0n) is 9.45. The molecule has 1 aliphatic carbocycles. The van der Waals surface area contributed by atoms with Crippen LogP contribution in [0, 0.1) is 5.41 Å². The molecule has 0 spiro atoms. The summed E-state index contributed by atoms with van der Waals surface area (Å²) in [5, 5.41) is 9.34. The van der Waals surface area contributed by atoms with Gasteiger partial charge in [0.05, 0.1) is 7.11 Å². The number of aromatic amines is 1. The molecule has 2 rings (SSSR count). The van der Waals surface area contributed by atoms with E-state index >= 15 is 0 Å². The first-order valence-corrected chi connectivity index (χ1v) is 5.51. The molecule has 0 aromatic carbocycles. The van der Waals surface area contributed by atoms with Crippen LogP contribution in [0.5, 0.6) is 0 Å². The Kier molecular flexibility index (Phi) is 2.90. The number of hydrogen-bond donors (Lipinski definition) is 2. The third-order valence-corrected chi connectivity index (χ3v) is 3.47. The number of aliphatic carboxylic acids is 1. The third-order valence-electron chi connectivity index (χ3n) is 3.15. The van der Waals surface area contributed by atoms with Gasteiger partial charge in [0.1, 0.15) is 5.15 Å². The molecule has 0 amide bonds. The summed E-state index contributed by atoms with van der Waals surface area (Å²) in [5.74, 6) is -2.12. The van der Waals surface area contributed by atoms with E-state index in [-0.39, 0.29) is 18.0 Å². The average Bonchev–Trinajstić information content (AvgIpc) is 2.69. The summed E-state index contributed by atoms with van der Waals surface area (Å²) in [6.45, 7) is 0. The van der Waals surface area contributed by atoms with E-state index in [1.807, 2.05) is 0 Å². The van der Waals surface area contributed by atoms with Gasteiger partial charge in [-0.25, -0.2) is 0 Å². The van der Waals surface area contributed by atoms with Crippen molar-refractivity contribution in [3.8, 4) is 0 Å². The minimum absolute atomic E-state index is 0.0736. The van der Waals surface area contributed by atoms with Crippen molar-refractivity contribution in [2.45, 2.75) is 12.8 Å². The number of hydrogen-bond acceptors (Lipinski definition) is 4. The van der Waals surface area contributed by atoms with Crippen molar-refractivity contribution in [3.63, 3.8) is 0 Å². The van der Waals surface area contributed by atoms with Crippen LogP contribution in [0.4, 0.5) is 0 Å². The predicted molar refractivity (Wildman–Crippen MR) is 61.6 cm³/mol. The van der Waals surface area contributed by atoms with E-state index in [1.54, 1.807) is 0 Å². The Morgan fingerprint density at radius 2 is 2.17 bits per heavy atom. The van der Waals surface area contributed by atoms with Gasteiger partial charge < -0.3 is 14.8 Å². The van der Waals surface area contributed by atoms with E-state index in [4.69, 9.17) is 11.6 Å². The van der Waals surface area contributed by atoms with Crippen molar-refractivity contribution in [1.29, 1.82) is 0 Å². The van der Waals surface area contributed by atoms with Crippen LogP contribution < -0.4 is 5.56 Å². The van der Waals surface area contributed by atoms with Gasteiger partial charge in [-0.1, -0.05) is 11.6 Å². The molecule has 6 nitrogen and oxygen atoms in total. The monoisotopic (exact) mass is 271 g/mol. The second-order valence-electron chi connectivity index (χ2n) is 4.18. The summed E-state index contributed by atoms with van der Waals surface area (Å²) in [6, 6.07) is 1.26. The lowest BCUT2D eigenvalue weighted by atomic mass is 9.85. The maximum absolute atomic E-state index is 11.7. The molecule has 1 unspecified atom stereocenters. The van der Waals surface area contributed by atoms with Gasteiger partial charge in [0, 0.05) is 18.9 Å². The highest BCUT2D eigenvalue weighted by Gasteiger charge is 2.52. The average molecular weight is 272 g/mol. The van der Waals surface area contributed by atoms with E-state index < -0.39 is 22.9 Å². The van der Waals surface area contributed by atoms with Gasteiger partial charge in [-0.3, -0.25) is 14.4 Å². The lowest BCUT2D eigenvalue weighted by Gasteiger charge is -2.20. The van der Waals surface area contributed by atoms with Crippen LogP contribution in [0.2, 0.25) is 5.15 Å². The number of H-pyrrole nitrogens is 1. The lowest BCUT2D eigenvalue weighted by molar-refractivity contribution is -0.166. The van der Waals surface area contributed by atoms with E-state index in [9.17, 15) is 19.5 Å². The molecular weight excluding hydrogens is 262 g/mol. The number of fused-ring (bicyclic) bond motifs is 1. The van der Waals surface area contributed by atoms with Crippen LogP contribution in [-0.4, -0.2) is 29.1 Å². The van der Waals surface area contributed by atoms with E-state index in [0.29, 0.717) is 11.1 Å². The lowest BCUT2D eigenvalue weighted by Crippen LogP contribution is -2.41. The van der Waals surface area contributed by atoms with Crippen LogP contribution in [0.1, 0.15) is 11.1 Å². The Bertz CT molecular complexity index is 594. The van der Waals surface area contributed by atoms with Crippen molar-refractivity contribution in [2.75, 3.05) is 7.11 Å².